The van der Waals surface area contributed by atoms with Crippen LogP contribution in [0.2, 0.25) is 0 Å². The first-order valence-electron chi connectivity index (χ1n) is 6.72. The van der Waals surface area contributed by atoms with E-state index < -0.39 is 11.4 Å². The molecule has 110 valence electrons. The molecular weight excluding hydrogens is 260 g/mol. The summed E-state index contributed by atoms with van der Waals surface area (Å²) in [7, 11) is 0. The van der Waals surface area contributed by atoms with Gasteiger partial charge in [-0.3, -0.25) is 14.9 Å². The lowest BCUT2D eigenvalue weighted by atomic mass is 9.87. The van der Waals surface area contributed by atoms with Crippen LogP contribution in [0, 0.1) is 5.41 Å². The second-order valence-corrected chi connectivity index (χ2v) is 5.40. The molecule has 7 nitrogen and oxygen atoms in total. The molecule has 0 aromatic carbocycles. The largest absolute Gasteiger partial charge is 0.481 e. The molecule has 4 N–H and O–H groups in total. The highest BCUT2D eigenvalue weighted by atomic mass is 16.4. The SMILES string of the molecule is CCC(C)(CNC(=O)C1Cc2nc[nH]c2CN1)C(=O)O. The van der Waals surface area contributed by atoms with Crippen LogP contribution in [0.25, 0.3) is 0 Å². The first-order valence-corrected chi connectivity index (χ1v) is 6.72. The zero-order valence-corrected chi connectivity index (χ0v) is 11.7. The molecule has 1 aliphatic rings. The third-order valence-electron chi connectivity index (χ3n) is 4.00. The number of aliphatic carboxylic acids is 1. The number of fused-ring (bicyclic) bond motifs is 1. The van der Waals surface area contributed by atoms with Gasteiger partial charge in [0.15, 0.2) is 0 Å². The van der Waals surface area contributed by atoms with Gasteiger partial charge in [-0.2, -0.15) is 0 Å². The van der Waals surface area contributed by atoms with Gasteiger partial charge < -0.3 is 15.4 Å². The first-order chi connectivity index (χ1) is 9.46. The minimum atomic E-state index is -0.929. The molecule has 0 spiro atoms. The van der Waals surface area contributed by atoms with E-state index in [-0.39, 0.29) is 18.5 Å². The fourth-order valence-electron chi connectivity index (χ4n) is 2.11. The first kappa shape index (κ1) is 14.5. The molecule has 2 heterocycles. The van der Waals surface area contributed by atoms with E-state index in [9.17, 15) is 14.7 Å². The summed E-state index contributed by atoms with van der Waals surface area (Å²) in [4.78, 5) is 30.5. The second kappa shape index (κ2) is 5.62. The van der Waals surface area contributed by atoms with Crippen LogP contribution in [0.5, 0.6) is 0 Å². The maximum atomic E-state index is 12.1. The van der Waals surface area contributed by atoms with Crippen molar-refractivity contribution < 1.29 is 14.7 Å². The van der Waals surface area contributed by atoms with Crippen LogP contribution in [0.3, 0.4) is 0 Å². The van der Waals surface area contributed by atoms with Gasteiger partial charge in [0.05, 0.1) is 29.2 Å². The van der Waals surface area contributed by atoms with Crippen molar-refractivity contribution >= 4 is 11.9 Å². The molecule has 0 bridgehead atoms. The molecule has 2 atom stereocenters. The maximum absolute atomic E-state index is 12.1. The molecule has 0 saturated carbocycles. The molecule has 0 saturated heterocycles. The van der Waals surface area contributed by atoms with Gasteiger partial charge in [0.2, 0.25) is 5.91 Å². The number of hydrogen-bond acceptors (Lipinski definition) is 4. The van der Waals surface area contributed by atoms with Gasteiger partial charge in [-0.25, -0.2) is 4.98 Å². The van der Waals surface area contributed by atoms with Crippen LogP contribution < -0.4 is 10.6 Å². The fraction of sp³-hybridized carbons (Fsp3) is 0.615. The van der Waals surface area contributed by atoms with E-state index in [0.29, 0.717) is 19.4 Å². The lowest BCUT2D eigenvalue weighted by molar-refractivity contribution is -0.148. The molecule has 2 rings (SSSR count). The summed E-state index contributed by atoms with van der Waals surface area (Å²) in [5, 5.41) is 15.0. The smallest absolute Gasteiger partial charge is 0.311 e. The van der Waals surface area contributed by atoms with E-state index in [1.165, 1.54) is 0 Å². The maximum Gasteiger partial charge on any atom is 0.311 e. The Morgan fingerprint density at radius 2 is 2.35 bits per heavy atom. The monoisotopic (exact) mass is 280 g/mol. The molecule has 0 radical (unpaired) electrons. The predicted octanol–water partition coefficient (Wildman–Crippen LogP) is 0.0411. The number of carboxylic acid groups (broad SMARTS) is 1. The number of hydrogen-bond donors (Lipinski definition) is 4. The van der Waals surface area contributed by atoms with Crippen LogP contribution in [0.1, 0.15) is 31.7 Å². The summed E-state index contributed by atoms with van der Waals surface area (Å²) < 4.78 is 0. The number of aromatic nitrogens is 2. The summed E-state index contributed by atoms with van der Waals surface area (Å²) in [6.45, 7) is 4.13. The van der Waals surface area contributed by atoms with Crippen molar-refractivity contribution in [2.75, 3.05) is 6.54 Å². The lowest BCUT2D eigenvalue weighted by Crippen LogP contribution is -2.50. The lowest BCUT2D eigenvalue weighted by Gasteiger charge is -2.26. The average Bonchev–Trinajstić information content (AvgIpc) is 2.91. The highest BCUT2D eigenvalue weighted by Crippen LogP contribution is 2.20. The topological polar surface area (TPSA) is 107 Å². The fourth-order valence-corrected chi connectivity index (χ4v) is 2.11. The van der Waals surface area contributed by atoms with Gasteiger partial charge in [0.1, 0.15) is 0 Å². The molecule has 2 unspecified atom stereocenters. The molecule has 1 aromatic rings. The van der Waals surface area contributed by atoms with Crippen molar-refractivity contribution in [1.82, 2.24) is 20.6 Å². The number of imidazole rings is 1. The number of nitrogens with one attached hydrogen (secondary N) is 3. The number of carboxylic acids is 1. The van der Waals surface area contributed by atoms with Crippen LogP contribution in [-0.2, 0) is 22.6 Å². The number of H-pyrrole nitrogens is 1. The van der Waals surface area contributed by atoms with E-state index in [0.717, 1.165) is 11.4 Å². The van der Waals surface area contributed by atoms with Crippen LogP contribution in [0.4, 0.5) is 0 Å². The van der Waals surface area contributed by atoms with Crippen molar-refractivity contribution in [3.05, 3.63) is 17.7 Å². The Morgan fingerprint density at radius 1 is 1.60 bits per heavy atom. The van der Waals surface area contributed by atoms with Gasteiger partial charge in [0.25, 0.3) is 0 Å². The van der Waals surface area contributed by atoms with E-state index in [1.807, 2.05) is 0 Å². The molecular formula is C13H20N4O3. The summed E-state index contributed by atoms with van der Waals surface area (Å²) in [6.07, 6.45) is 2.59. The minimum absolute atomic E-state index is 0.128. The number of aromatic amines is 1. The molecule has 20 heavy (non-hydrogen) atoms. The Bertz CT molecular complexity index is 513. The summed E-state index contributed by atoms with van der Waals surface area (Å²) in [5.41, 5.74) is 0.959. The molecule has 1 aromatic heterocycles. The van der Waals surface area contributed by atoms with Gasteiger partial charge in [-0.1, -0.05) is 6.92 Å². The Morgan fingerprint density at radius 3 is 3.00 bits per heavy atom. The quantitative estimate of drug-likeness (QED) is 0.609. The third-order valence-corrected chi connectivity index (χ3v) is 4.00. The number of nitrogens with zero attached hydrogens (tertiary/aromatic N) is 1. The van der Waals surface area contributed by atoms with Crippen molar-refractivity contribution in [2.24, 2.45) is 5.41 Å². The van der Waals surface area contributed by atoms with Crippen LogP contribution >= 0.6 is 0 Å². The van der Waals surface area contributed by atoms with Crippen molar-refractivity contribution in [2.45, 2.75) is 39.3 Å². The summed E-state index contributed by atoms with van der Waals surface area (Å²) >= 11 is 0. The number of carbonyl (C=O) groups excluding carboxylic acids is 1. The Hall–Kier alpha value is -1.89. The second-order valence-electron chi connectivity index (χ2n) is 5.40. The highest BCUT2D eigenvalue weighted by Gasteiger charge is 2.33. The third kappa shape index (κ3) is 2.82. The number of rotatable bonds is 5. The summed E-state index contributed by atoms with van der Waals surface area (Å²) in [5.74, 6) is -1.08. The highest BCUT2D eigenvalue weighted by molar-refractivity contribution is 5.83. The van der Waals surface area contributed by atoms with E-state index in [4.69, 9.17) is 0 Å². The number of carbonyl (C=O) groups is 2. The number of amides is 1. The molecule has 1 amide bonds. The van der Waals surface area contributed by atoms with Gasteiger partial charge in [0, 0.05) is 19.5 Å². The van der Waals surface area contributed by atoms with Gasteiger partial charge in [-0.15, -0.1) is 0 Å². The molecule has 1 aliphatic heterocycles. The summed E-state index contributed by atoms with van der Waals surface area (Å²) in [6, 6.07) is -0.360. The zero-order valence-electron chi connectivity index (χ0n) is 11.7. The molecule has 0 aliphatic carbocycles. The van der Waals surface area contributed by atoms with Gasteiger partial charge >= 0.3 is 5.97 Å². The standard InChI is InChI=1S/C13H20N4O3/c1-3-13(2,12(19)20)6-15-11(18)9-4-8-10(5-14-9)17-7-16-8/h7,9,14H,3-6H2,1-2H3,(H,15,18)(H,16,17)(H,19,20). The van der Waals surface area contributed by atoms with E-state index in [2.05, 4.69) is 20.6 Å². The van der Waals surface area contributed by atoms with E-state index >= 15 is 0 Å². The van der Waals surface area contributed by atoms with E-state index in [1.54, 1.807) is 20.2 Å². The van der Waals surface area contributed by atoms with Crippen molar-refractivity contribution in [3.8, 4) is 0 Å². The Kier molecular flexibility index (Phi) is 4.08. The average molecular weight is 280 g/mol. The predicted molar refractivity (Wildman–Crippen MR) is 72.0 cm³/mol. The van der Waals surface area contributed by atoms with Crippen molar-refractivity contribution in [3.63, 3.8) is 0 Å². The van der Waals surface area contributed by atoms with Crippen LogP contribution in [-0.4, -0.2) is 39.5 Å². The normalized spacial score (nSPS) is 20.8. The van der Waals surface area contributed by atoms with Gasteiger partial charge in [-0.05, 0) is 13.3 Å². The Balaban J connectivity index is 1.92. The minimum Gasteiger partial charge on any atom is -0.481 e. The molecule has 0 fully saturated rings. The Labute approximate surface area is 117 Å². The van der Waals surface area contributed by atoms with Crippen molar-refractivity contribution in [1.29, 1.82) is 0 Å². The van der Waals surface area contributed by atoms with Crippen LogP contribution in [0.15, 0.2) is 6.33 Å². The molecule has 7 heteroatoms. The zero-order chi connectivity index (χ0) is 14.8.